The number of fused-ring (bicyclic) bond motifs is 1. The molecule has 2 heterocycles. The first-order chi connectivity index (χ1) is 12.5. The van der Waals surface area contributed by atoms with Gasteiger partial charge in [-0.2, -0.15) is 4.98 Å². The minimum atomic E-state index is -0.253. The number of carbonyl (C=O) groups excluding carboxylic acids is 1. The molecule has 2 aromatic heterocycles. The van der Waals surface area contributed by atoms with Gasteiger partial charge in [0.1, 0.15) is 5.75 Å². The molecule has 26 heavy (non-hydrogen) atoms. The lowest BCUT2D eigenvalue weighted by Gasteiger charge is -2.10. The number of benzene rings is 1. The van der Waals surface area contributed by atoms with Crippen LogP contribution in [0, 0.1) is 13.8 Å². The molecule has 0 aliphatic heterocycles. The van der Waals surface area contributed by atoms with Gasteiger partial charge in [0, 0.05) is 11.4 Å². The van der Waals surface area contributed by atoms with E-state index in [0.717, 1.165) is 23.4 Å². The maximum absolute atomic E-state index is 12.2. The molecule has 0 aliphatic rings. The van der Waals surface area contributed by atoms with Crippen LogP contribution in [0.1, 0.15) is 35.9 Å². The van der Waals surface area contributed by atoms with Crippen molar-refractivity contribution in [1.82, 2.24) is 19.6 Å². The number of carbonyl (C=O) groups is 1. The van der Waals surface area contributed by atoms with Crippen LogP contribution in [-0.4, -0.2) is 31.8 Å². The highest BCUT2D eigenvalue weighted by Gasteiger charge is 2.15. The van der Waals surface area contributed by atoms with Gasteiger partial charge < -0.3 is 4.74 Å². The fraction of sp³-hybridized carbons (Fsp3) is 0.368. The first kappa shape index (κ1) is 18.4. The lowest BCUT2D eigenvalue weighted by Crippen LogP contribution is -2.12. The smallest absolute Gasteiger partial charge is 0.311 e. The average Bonchev–Trinajstić information content (AvgIpc) is 3.05. The van der Waals surface area contributed by atoms with E-state index in [1.165, 1.54) is 17.3 Å². The Morgan fingerprint density at radius 1 is 1.19 bits per heavy atom. The Labute approximate surface area is 157 Å². The van der Waals surface area contributed by atoms with Gasteiger partial charge >= 0.3 is 5.97 Å². The molecule has 0 bridgehead atoms. The number of ether oxygens (including phenoxy) is 1. The summed E-state index contributed by atoms with van der Waals surface area (Å²) in [5.41, 5.74) is 4.05. The molecule has 3 rings (SSSR count). The second-order valence-corrected chi connectivity index (χ2v) is 6.82. The highest BCUT2D eigenvalue weighted by atomic mass is 32.2. The molecular weight excluding hydrogens is 348 g/mol. The summed E-state index contributed by atoms with van der Waals surface area (Å²) < 4.78 is 7.17. The van der Waals surface area contributed by atoms with E-state index in [1.54, 1.807) is 4.52 Å². The van der Waals surface area contributed by atoms with Crippen molar-refractivity contribution in [2.24, 2.45) is 0 Å². The van der Waals surface area contributed by atoms with E-state index in [0.29, 0.717) is 23.1 Å². The molecule has 0 saturated heterocycles. The molecule has 0 radical (unpaired) electrons. The predicted molar refractivity (Wildman–Crippen MR) is 102 cm³/mol. The lowest BCUT2D eigenvalue weighted by atomic mass is 10.1. The summed E-state index contributed by atoms with van der Waals surface area (Å²) in [6.45, 7) is 6.00. The Bertz CT molecular complexity index is 935. The molecule has 0 fully saturated rings. The zero-order valence-electron chi connectivity index (χ0n) is 15.4. The van der Waals surface area contributed by atoms with E-state index in [-0.39, 0.29) is 12.4 Å². The summed E-state index contributed by atoms with van der Waals surface area (Å²) in [7, 11) is 0. The minimum absolute atomic E-state index is 0.253. The summed E-state index contributed by atoms with van der Waals surface area (Å²) in [5.74, 6) is 0.915. The van der Waals surface area contributed by atoms with E-state index >= 15 is 0 Å². The van der Waals surface area contributed by atoms with Gasteiger partial charge in [0.05, 0.1) is 6.42 Å². The van der Waals surface area contributed by atoms with E-state index in [2.05, 4.69) is 22.0 Å². The molecule has 136 valence electrons. The monoisotopic (exact) mass is 370 g/mol. The van der Waals surface area contributed by atoms with Gasteiger partial charge in [-0.3, -0.25) is 4.79 Å². The van der Waals surface area contributed by atoms with E-state index in [1.807, 2.05) is 44.4 Å². The van der Waals surface area contributed by atoms with Gasteiger partial charge in [-0.25, -0.2) is 9.50 Å². The number of hydrogen-bond acceptors (Lipinski definition) is 6. The fourth-order valence-electron chi connectivity index (χ4n) is 2.84. The molecule has 3 aromatic rings. The normalized spacial score (nSPS) is 11.1. The van der Waals surface area contributed by atoms with Crippen LogP contribution >= 0.6 is 11.8 Å². The van der Waals surface area contributed by atoms with Gasteiger partial charge in [0.2, 0.25) is 5.16 Å². The van der Waals surface area contributed by atoms with E-state index in [4.69, 9.17) is 4.74 Å². The second-order valence-electron chi connectivity index (χ2n) is 6.04. The van der Waals surface area contributed by atoms with Crippen molar-refractivity contribution in [3.05, 3.63) is 46.8 Å². The Morgan fingerprint density at radius 3 is 2.58 bits per heavy atom. The van der Waals surface area contributed by atoms with Crippen molar-refractivity contribution in [2.75, 3.05) is 6.26 Å². The molecule has 0 N–H and O–H groups in total. The molecule has 1 aromatic carbocycles. The van der Waals surface area contributed by atoms with Crippen molar-refractivity contribution in [2.45, 2.75) is 45.2 Å². The number of nitrogens with zero attached hydrogens (tertiary/aromatic N) is 4. The van der Waals surface area contributed by atoms with Gasteiger partial charge in [-0.05, 0) is 56.2 Å². The minimum Gasteiger partial charge on any atom is -0.427 e. The molecule has 0 spiro atoms. The second kappa shape index (κ2) is 7.86. The highest BCUT2D eigenvalue weighted by Crippen LogP contribution is 2.19. The van der Waals surface area contributed by atoms with E-state index < -0.39 is 0 Å². The van der Waals surface area contributed by atoms with Crippen molar-refractivity contribution in [3.8, 4) is 5.75 Å². The summed E-state index contributed by atoms with van der Waals surface area (Å²) in [5, 5.41) is 5.12. The molecule has 6 nitrogen and oxygen atoms in total. The van der Waals surface area contributed by atoms with Crippen LogP contribution in [0.15, 0.2) is 29.4 Å². The van der Waals surface area contributed by atoms with Crippen LogP contribution in [0.5, 0.6) is 5.75 Å². The van der Waals surface area contributed by atoms with Gasteiger partial charge in [0.15, 0.2) is 0 Å². The van der Waals surface area contributed by atoms with Crippen LogP contribution in [0.25, 0.3) is 5.78 Å². The molecular formula is C19H22N4O2S. The first-order valence-electron chi connectivity index (χ1n) is 8.58. The largest absolute Gasteiger partial charge is 0.427 e. The summed E-state index contributed by atoms with van der Waals surface area (Å²) >= 11 is 1.48. The number of thioether (sulfide) groups is 1. The van der Waals surface area contributed by atoms with Crippen LogP contribution < -0.4 is 4.74 Å². The van der Waals surface area contributed by atoms with Crippen molar-refractivity contribution in [3.63, 3.8) is 0 Å². The van der Waals surface area contributed by atoms with Crippen molar-refractivity contribution in [1.29, 1.82) is 0 Å². The SMILES string of the molecule is CCc1ccc(OC(=O)CCc2c(C)nc3nc(SC)nn3c2C)cc1. The van der Waals surface area contributed by atoms with Crippen LogP contribution in [0.3, 0.4) is 0 Å². The van der Waals surface area contributed by atoms with Crippen LogP contribution in [-0.2, 0) is 17.6 Å². The topological polar surface area (TPSA) is 69.4 Å². The molecule has 0 unspecified atom stereocenters. The molecule has 7 heteroatoms. The summed E-state index contributed by atoms with van der Waals surface area (Å²) in [6.07, 6.45) is 3.74. The molecule has 0 amide bonds. The third-order valence-corrected chi connectivity index (χ3v) is 4.89. The van der Waals surface area contributed by atoms with Crippen molar-refractivity contribution >= 4 is 23.5 Å². The third kappa shape index (κ3) is 3.88. The van der Waals surface area contributed by atoms with Crippen LogP contribution in [0.2, 0.25) is 0 Å². The number of aryl methyl sites for hydroxylation is 3. The lowest BCUT2D eigenvalue weighted by molar-refractivity contribution is -0.134. The average molecular weight is 370 g/mol. The number of esters is 1. The Kier molecular flexibility index (Phi) is 5.56. The van der Waals surface area contributed by atoms with Gasteiger partial charge in [0.25, 0.3) is 5.78 Å². The molecule has 0 atom stereocenters. The Balaban J connectivity index is 1.71. The Morgan fingerprint density at radius 2 is 1.92 bits per heavy atom. The van der Waals surface area contributed by atoms with E-state index in [9.17, 15) is 4.79 Å². The predicted octanol–water partition coefficient (Wildman–Crippen LogP) is 3.56. The standard InChI is InChI=1S/C19H22N4O2S/c1-5-14-6-8-15(9-7-14)25-17(24)11-10-16-12(2)20-18-21-19(26-4)22-23(18)13(16)3/h6-9H,5,10-11H2,1-4H3. The third-order valence-electron chi connectivity index (χ3n) is 4.35. The number of aromatic nitrogens is 4. The maximum atomic E-state index is 12.2. The molecule has 0 saturated carbocycles. The number of rotatable bonds is 6. The first-order valence-corrected chi connectivity index (χ1v) is 9.80. The quantitative estimate of drug-likeness (QED) is 0.375. The summed E-state index contributed by atoms with van der Waals surface area (Å²) in [4.78, 5) is 21.1. The zero-order chi connectivity index (χ0) is 18.7. The Hall–Kier alpha value is -2.41. The highest BCUT2D eigenvalue weighted by molar-refractivity contribution is 7.98. The zero-order valence-corrected chi connectivity index (χ0v) is 16.3. The van der Waals surface area contributed by atoms with Crippen LogP contribution in [0.4, 0.5) is 0 Å². The maximum Gasteiger partial charge on any atom is 0.311 e. The number of hydrogen-bond donors (Lipinski definition) is 0. The molecule has 0 aliphatic carbocycles. The fourth-order valence-corrected chi connectivity index (χ4v) is 3.18. The van der Waals surface area contributed by atoms with Gasteiger partial charge in [-0.1, -0.05) is 30.8 Å². The summed E-state index contributed by atoms with van der Waals surface area (Å²) in [6, 6.07) is 7.62. The van der Waals surface area contributed by atoms with Crippen molar-refractivity contribution < 1.29 is 9.53 Å². The van der Waals surface area contributed by atoms with Gasteiger partial charge in [-0.15, -0.1) is 5.10 Å².